The van der Waals surface area contributed by atoms with Crippen molar-refractivity contribution in [3.05, 3.63) is 47.7 Å². The highest BCUT2D eigenvalue weighted by Crippen LogP contribution is 2.25. The smallest absolute Gasteiger partial charge is 0.251 e. The second kappa shape index (κ2) is 12.5. The van der Waals surface area contributed by atoms with Crippen molar-refractivity contribution in [2.24, 2.45) is 0 Å². The van der Waals surface area contributed by atoms with Gasteiger partial charge >= 0.3 is 0 Å². The van der Waals surface area contributed by atoms with Crippen molar-refractivity contribution in [3.8, 4) is 0 Å². The highest BCUT2D eigenvalue weighted by atomic mass is 32.2. The van der Waals surface area contributed by atoms with Crippen LogP contribution >= 0.6 is 0 Å². The molecule has 36 heavy (non-hydrogen) atoms. The molecule has 0 bridgehead atoms. The van der Waals surface area contributed by atoms with E-state index in [0.717, 1.165) is 55.7 Å². The number of benzene rings is 1. The molecular formula is C27H41N5O3S. The van der Waals surface area contributed by atoms with E-state index < -0.39 is 10.0 Å². The number of nitrogens with zero attached hydrogens (tertiary/aromatic N) is 3. The molecule has 0 atom stereocenters. The van der Waals surface area contributed by atoms with Gasteiger partial charge in [0.2, 0.25) is 10.0 Å². The van der Waals surface area contributed by atoms with Crippen LogP contribution in [0.25, 0.3) is 0 Å². The first-order chi connectivity index (χ1) is 17.1. The maximum Gasteiger partial charge on any atom is 0.251 e. The first-order valence-corrected chi connectivity index (χ1v) is 14.4. The fourth-order valence-corrected chi connectivity index (χ4v) is 6.24. The fourth-order valence-electron chi connectivity index (χ4n) is 4.62. The van der Waals surface area contributed by atoms with Crippen molar-refractivity contribution in [1.29, 1.82) is 0 Å². The number of rotatable bonds is 11. The van der Waals surface area contributed by atoms with E-state index in [0.29, 0.717) is 24.7 Å². The van der Waals surface area contributed by atoms with Gasteiger partial charge in [-0.05, 0) is 75.8 Å². The minimum absolute atomic E-state index is 0.103. The van der Waals surface area contributed by atoms with Gasteiger partial charge in [-0.3, -0.25) is 4.79 Å². The maximum atomic E-state index is 13.0. The molecule has 0 unspecified atom stereocenters. The fraction of sp³-hybridized carbons (Fsp3) is 0.556. The minimum atomic E-state index is -3.55. The van der Waals surface area contributed by atoms with Crippen LogP contribution in [0, 0.1) is 6.92 Å². The van der Waals surface area contributed by atoms with E-state index in [1.807, 2.05) is 34.9 Å². The molecular weight excluding hydrogens is 474 g/mol. The van der Waals surface area contributed by atoms with E-state index in [9.17, 15) is 13.2 Å². The summed E-state index contributed by atoms with van der Waals surface area (Å²) in [6.45, 7) is 6.92. The molecule has 1 fully saturated rings. The molecule has 0 radical (unpaired) electrons. The average molecular weight is 516 g/mol. The van der Waals surface area contributed by atoms with Crippen LogP contribution in [0.1, 0.15) is 68.4 Å². The molecule has 8 nitrogen and oxygen atoms in total. The summed E-state index contributed by atoms with van der Waals surface area (Å²) < 4.78 is 27.4. The molecule has 1 aliphatic carbocycles. The molecule has 0 aliphatic heterocycles. The predicted molar refractivity (Wildman–Crippen MR) is 146 cm³/mol. The van der Waals surface area contributed by atoms with Crippen LogP contribution in [0.5, 0.6) is 0 Å². The zero-order valence-corrected chi connectivity index (χ0v) is 23.1. The van der Waals surface area contributed by atoms with Crippen molar-refractivity contribution in [1.82, 2.24) is 14.6 Å². The van der Waals surface area contributed by atoms with Gasteiger partial charge in [0.05, 0.1) is 4.90 Å². The van der Waals surface area contributed by atoms with Gasteiger partial charge in [0.25, 0.3) is 5.91 Å². The number of aryl methyl sites for hydroxylation is 1. The average Bonchev–Trinajstić information content (AvgIpc) is 2.84. The standard InChI is InChI=1S/C27H41N5O3S/c1-6-16-32(17-7-2)36(34,35)25-14-8-21(9-15-25)27(33)30-23-12-10-22(11-13-23)29-26-19-24(31(4)5)18-20(3)28-26/h8-9,14-15,18-19,22-23H,6-7,10-13,16-17H2,1-5H3,(H,28,29)(H,30,33). The summed E-state index contributed by atoms with van der Waals surface area (Å²) in [5, 5.41) is 6.68. The van der Waals surface area contributed by atoms with Gasteiger partial charge in [-0.1, -0.05) is 13.8 Å². The topological polar surface area (TPSA) is 94.6 Å². The van der Waals surface area contributed by atoms with Crippen molar-refractivity contribution in [2.75, 3.05) is 37.4 Å². The molecule has 1 aromatic carbocycles. The summed E-state index contributed by atoms with van der Waals surface area (Å²) in [6, 6.07) is 10.8. The monoisotopic (exact) mass is 515 g/mol. The Morgan fingerprint density at radius 3 is 2.11 bits per heavy atom. The largest absolute Gasteiger partial charge is 0.377 e. The van der Waals surface area contributed by atoms with Crippen molar-refractivity contribution >= 4 is 27.4 Å². The molecule has 1 amide bonds. The number of carbonyl (C=O) groups excluding carboxylic acids is 1. The SMILES string of the molecule is CCCN(CCC)S(=O)(=O)c1ccc(C(=O)NC2CCC(Nc3cc(N(C)C)cc(C)n3)CC2)cc1. The lowest BCUT2D eigenvalue weighted by atomic mass is 9.91. The van der Waals surface area contributed by atoms with Gasteiger partial charge < -0.3 is 15.5 Å². The first-order valence-electron chi connectivity index (χ1n) is 13.0. The molecule has 1 aliphatic rings. The molecule has 198 valence electrons. The third kappa shape index (κ3) is 7.20. The number of aromatic nitrogens is 1. The summed E-state index contributed by atoms with van der Waals surface area (Å²) in [5.74, 6) is 0.725. The van der Waals surface area contributed by atoms with Crippen LogP contribution in [0.2, 0.25) is 0 Å². The molecule has 2 N–H and O–H groups in total. The Morgan fingerprint density at radius 1 is 0.972 bits per heavy atom. The van der Waals surface area contributed by atoms with Crippen LogP contribution in [0.15, 0.2) is 41.3 Å². The van der Waals surface area contributed by atoms with Gasteiger partial charge in [0, 0.05) is 62.3 Å². The number of hydrogen-bond donors (Lipinski definition) is 2. The van der Waals surface area contributed by atoms with Crippen LogP contribution in [-0.4, -0.2) is 62.9 Å². The van der Waals surface area contributed by atoms with E-state index >= 15 is 0 Å². The Balaban J connectivity index is 1.54. The van der Waals surface area contributed by atoms with Crippen molar-refractivity contribution < 1.29 is 13.2 Å². The summed E-state index contributed by atoms with van der Waals surface area (Å²) in [4.78, 5) is 19.7. The summed E-state index contributed by atoms with van der Waals surface area (Å²) in [6.07, 6.45) is 5.17. The lowest BCUT2D eigenvalue weighted by Crippen LogP contribution is -2.40. The van der Waals surface area contributed by atoms with Crippen LogP contribution in [-0.2, 0) is 10.0 Å². The molecule has 1 saturated carbocycles. The number of pyridine rings is 1. The Labute approximate surface area is 216 Å². The third-order valence-electron chi connectivity index (χ3n) is 6.57. The molecule has 3 rings (SSSR count). The van der Waals surface area contributed by atoms with Crippen molar-refractivity contribution in [2.45, 2.75) is 76.3 Å². The highest BCUT2D eigenvalue weighted by molar-refractivity contribution is 7.89. The van der Waals surface area contributed by atoms with Gasteiger partial charge in [0.1, 0.15) is 5.82 Å². The lowest BCUT2D eigenvalue weighted by Gasteiger charge is -2.30. The second-order valence-corrected chi connectivity index (χ2v) is 11.8. The quantitative estimate of drug-likeness (QED) is 0.460. The van der Waals surface area contributed by atoms with Crippen LogP contribution in [0.3, 0.4) is 0 Å². The van der Waals surface area contributed by atoms with Gasteiger partial charge in [0.15, 0.2) is 0 Å². The van der Waals surface area contributed by atoms with Gasteiger partial charge in [-0.25, -0.2) is 13.4 Å². The number of nitrogens with one attached hydrogen (secondary N) is 2. The normalized spacial score (nSPS) is 18.2. The predicted octanol–water partition coefficient (Wildman–Crippen LogP) is 4.42. The van der Waals surface area contributed by atoms with E-state index in [1.165, 1.54) is 4.31 Å². The Hall–Kier alpha value is -2.65. The van der Waals surface area contributed by atoms with Crippen LogP contribution in [0.4, 0.5) is 11.5 Å². The molecule has 0 spiro atoms. The number of anilines is 2. The Morgan fingerprint density at radius 2 is 1.56 bits per heavy atom. The molecule has 2 aromatic rings. The van der Waals surface area contributed by atoms with Gasteiger partial charge in [-0.2, -0.15) is 4.31 Å². The zero-order valence-electron chi connectivity index (χ0n) is 22.3. The molecule has 1 aromatic heterocycles. The van der Waals surface area contributed by atoms with E-state index in [1.54, 1.807) is 24.3 Å². The maximum absolute atomic E-state index is 13.0. The van der Waals surface area contributed by atoms with E-state index in [2.05, 4.69) is 32.7 Å². The zero-order chi connectivity index (χ0) is 26.3. The second-order valence-electron chi connectivity index (χ2n) is 9.84. The minimum Gasteiger partial charge on any atom is -0.377 e. The Kier molecular flexibility index (Phi) is 9.73. The number of hydrogen-bond acceptors (Lipinski definition) is 6. The lowest BCUT2D eigenvalue weighted by molar-refractivity contribution is 0.0926. The van der Waals surface area contributed by atoms with Crippen molar-refractivity contribution in [3.63, 3.8) is 0 Å². The number of amides is 1. The molecule has 0 saturated heterocycles. The summed E-state index contributed by atoms with van der Waals surface area (Å²) >= 11 is 0. The summed E-state index contributed by atoms with van der Waals surface area (Å²) in [5.41, 5.74) is 2.58. The molecule has 1 heterocycles. The third-order valence-corrected chi connectivity index (χ3v) is 8.48. The number of sulfonamides is 1. The number of carbonyl (C=O) groups is 1. The molecule has 9 heteroatoms. The van der Waals surface area contributed by atoms with Crippen LogP contribution < -0.4 is 15.5 Å². The highest BCUT2D eigenvalue weighted by Gasteiger charge is 2.25. The first kappa shape index (κ1) is 27.9. The van der Waals surface area contributed by atoms with E-state index in [-0.39, 0.29) is 16.8 Å². The Bertz CT molecular complexity index is 1100. The summed E-state index contributed by atoms with van der Waals surface area (Å²) in [7, 11) is 0.490. The van der Waals surface area contributed by atoms with E-state index in [4.69, 9.17) is 0 Å². The van der Waals surface area contributed by atoms with Gasteiger partial charge in [-0.15, -0.1) is 0 Å².